The molecule has 1 amide bonds. The summed E-state index contributed by atoms with van der Waals surface area (Å²) in [7, 11) is 0. The predicted octanol–water partition coefficient (Wildman–Crippen LogP) is 0.465. The lowest BCUT2D eigenvalue weighted by molar-refractivity contribution is -0.123. The molecular weight excluding hydrogens is 202 g/mol. The smallest absolute Gasteiger partial charge is 0.234 e. The number of primary amides is 1. The summed E-state index contributed by atoms with van der Waals surface area (Å²) < 4.78 is 0. The third kappa shape index (κ3) is 2.23. The fraction of sp³-hybridized carbons (Fsp3) is 0.917. The second-order valence-electron chi connectivity index (χ2n) is 5.17. The molecule has 2 saturated heterocycles. The van der Waals surface area contributed by atoms with Gasteiger partial charge in [0.2, 0.25) is 5.91 Å². The number of hydrogen-bond donors (Lipinski definition) is 2. The van der Waals surface area contributed by atoms with Gasteiger partial charge in [-0.15, -0.1) is 0 Å². The summed E-state index contributed by atoms with van der Waals surface area (Å²) in [5.41, 5.74) is 5.41. The molecule has 3 N–H and O–H groups in total. The van der Waals surface area contributed by atoms with Crippen molar-refractivity contribution in [2.45, 2.75) is 63.7 Å². The van der Waals surface area contributed by atoms with Gasteiger partial charge in [-0.05, 0) is 39.2 Å². The number of fused-ring (bicyclic) bond motifs is 2. The van der Waals surface area contributed by atoms with Crippen LogP contribution in [0.25, 0.3) is 0 Å². The molecule has 16 heavy (non-hydrogen) atoms. The summed E-state index contributed by atoms with van der Waals surface area (Å²) in [6.45, 7) is 4.95. The van der Waals surface area contributed by atoms with E-state index in [9.17, 15) is 4.79 Å². The van der Waals surface area contributed by atoms with Crippen LogP contribution in [0.15, 0.2) is 0 Å². The fourth-order valence-corrected chi connectivity index (χ4v) is 3.31. The van der Waals surface area contributed by atoms with Crippen molar-refractivity contribution < 1.29 is 4.79 Å². The number of rotatable bonds is 4. The number of piperidine rings is 1. The molecule has 0 saturated carbocycles. The summed E-state index contributed by atoms with van der Waals surface area (Å²) >= 11 is 0. The highest BCUT2D eigenvalue weighted by atomic mass is 16.1. The normalized spacial score (nSPS) is 35.3. The molecule has 4 heteroatoms. The molecule has 0 spiro atoms. The average molecular weight is 225 g/mol. The zero-order valence-corrected chi connectivity index (χ0v) is 10.3. The van der Waals surface area contributed by atoms with Crippen molar-refractivity contribution in [2.24, 2.45) is 5.73 Å². The number of amides is 1. The molecule has 2 heterocycles. The van der Waals surface area contributed by atoms with E-state index in [-0.39, 0.29) is 11.9 Å². The van der Waals surface area contributed by atoms with E-state index in [0.717, 1.165) is 6.54 Å². The number of nitrogens with zero attached hydrogens (tertiary/aromatic N) is 1. The number of nitrogens with two attached hydrogens (primary N) is 1. The lowest BCUT2D eigenvalue weighted by Gasteiger charge is -2.39. The van der Waals surface area contributed by atoms with Crippen LogP contribution in [-0.4, -0.2) is 41.5 Å². The Balaban J connectivity index is 2.01. The van der Waals surface area contributed by atoms with Crippen LogP contribution in [0.3, 0.4) is 0 Å². The van der Waals surface area contributed by atoms with Gasteiger partial charge in [0, 0.05) is 18.1 Å². The topological polar surface area (TPSA) is 58.4 Å². The number of likely N-dealkylation sites (N-methyl/N-ethyl adjacent to an activating group) is 1. The summed E-state index contributed by atoms with van der Waals surface area (Å²) in [6.07, 6.45) is 4.93. The van der Waals surface area contributed by atoms with Crippen molar-refractivity contribution in [3.8, 4) is 0 Å². The lowest BCUT2D eigenvalue weighted by atomic mass is 9.97. The molecule has 3 atom stereocenters. The molecule has 4 nitrogen and oxygen atoms in total. The van der Waals surface area contributed by atoms with E-state index in [1.54, 1.807) is 0 Å². The van der Waals surface area contributed by atoms with Crippen LogP contribution >= 0.6 is 0 Å². The molecular formula is C12H23N3O. The zero-order chi connectivity index (χ0) is 11.7. The third-order valence-corrected chi connectivity index (χ3v) is 4.19. The molecule has 92 valence electrons. The first-order chi connectivity index (χ1) is 7.61. The molecule has 2 rings (SSSR count). The van der Waals surface area contributed by atoms with Crippen molar-refractivity contribution in [1.29, 1.82) is 0 Å². The summed E-state index contributed by atoms with van der Waals surface area (Å²) in [4.78, 5) is 13.6. The summed E-state index contributed by atoms with van der Waals surface area (Å²) in [5.74, 6) is -0.201. The van der Waals surface area contributed by atoms with Crippen molar-refractivity contribution in [3.05, 3.63) is 0 Å². The van der Waals surface area contributed by atoms with E-state index in [4.69, 9.17) is 5.73 Å². The summed E-state index contributed by atoms with van der Waals surface area (Å²) in [5, 5.41) is 3.62. The van der Waals surface area contributed by atoms with Crippen LogP contribution in [0.4, 0.5) is 0 Å². The minimum Gasteiger partial charge on any atom is -0.368 e. The SMILES string of the molecule is CCN(C1CC2CCC(C1)N2)C(C)C(N)=O. The Morgan fingerprint density at radius 3 is 2.44 bits per heavy atom. The van der Waals surface area contributed by atoms with Gasteiger partial charge in [-0.25, -0.2) is 0 Å². The van der Waals surface area contributed by atoms with Gasteiger partial charge in [0.25, 0.3) is 0 Å². The van der Waals surface area contributed by atoms with Crippen LogP contribution in [0.5, 0.6) is 0 Å². The van der Waals surface area contributed by atoms with Gasteiger partial charge in [-0.1, -0.05) is 6.92 Å². The number of carbonyl (C=O) groups is 1. The maximum absolute atomic E-state index is 11.3. The van der Waals surface area contributed by atoms with Gasteiger partial charge in [-0.3, -0.25) is 9.69 Å². The highest BCUT2D eigenvalue weighted by Gasteiger charge is 2.37. The van der Waals surface area contributed by atoms with Crippen LogP contribution in [0, 0.1) is 0 Å². The van der Waals surface area contributed by atoms with E-state index >= 15 is 0 Å². The van der Waals surface area contributed by atoms with Gasteiger partial charge in [0.15, 0.2) is 0 Å². The molecule has 2 fully saturated rings. The Kier molecular flexibility index (Phi) is 3.50. The molecule has 2 aliphatic heterocycles. The molecule has 3 unspecified atom stereocenters. The van der Waals surface area contributed by atoms with Gasteiger partial charge in [-0.2, -0.15) is 0 Å². The average Bonchev–Trinajstić information content (AvgIpc) is 2.59. The van der Waals surface area contributed by atoms with Crippen molar-refractivity contribution in [3.63, 3.8) is 0 Å². The Morgan fingerprint density at radius 2 is 2.00 bits per heavy atom. The van der Waals surface area contributed by atoms with Crippen molar-refractivity contribution in [1.82, 2.24) is 10.2 Å². The molecule has 0 aromatic carbocycles. The first kappa shape index (κ1) is 11.9. The highest BCUT2D eigenvalue weighted by Crippen LogP contribution is 2.30. The fourth-order valence-electron chi connectivity index (χ4n) is 3.31. The summed E-state index contributed by atoms with van der Waals surface area (Å²) in [6, 6.07) is 1.73. The third-order valence-electron chi connectivity index (χ3n) is 4.19. The maximum atomic E-state index is 11.3. The Hall–Kier alpha value is -0.610. The highest BCUT2D eigenvalue weighted by molar-refractivity contribution is 5.79. The predicted molar refractivity (Wildman–Crippen MR) is 64.0 cm³/mol. The zero-order valence-electron chi connectivity index (χ0n) is 10.3. The quantitative estimate of drug-likeness (QED) is 0.731. The number of nitrogens with one attached hydrogen (secondary N) is 1. The van der Waals surface area contributed by atoms with Crippen LogP contribution in [0.1, 0.15) is 39.5 Å². The minimum absolute atomic E-state index is 0.132. The molecule has 0 aromatic rings. The van der Waals surface area contributed by atoms with Gasteiger partial charge >= 0.3 is 0 Å². The first-order valence-electron chi connectivity index (χ1n) is 6.43. The minimum atomic E-state index is -0.201. The Bertz CT molecular complexity index is 257. The van der Waals surface area contributed by atoms with Gasteiger partial charge < -0.3 is 11.1 Å². The van der Waals surface area contributed by atoms with E-state index in [1.807, 2.05) is 6.92 Å². The molecule has 0 aromatic heterocycles. The van der Waals surface area contributed by atoms with E-state index in [0.29, 0.717) is 18.1 Å². The molecule has 2 bridgehead atoms. The maximum Gasteiger partial charge on any atom is 0.234 e. The molecule has 2 aliphatic rings. The Labute approximate surface area is 97.6 Å². The van der Waals surface area contributed by atoms with Crippen molar-refractivity contribution >= 4 is 5.91 Å². The molecule has 0 radical (unpaired) electrons. The van der Waals surface area contributed by atoms with E-state index in [1.165, 1.54) is 25.7 Å². The number of carbonyl (C=O) groups excluding carboxylic acids is 1. The lowest BCUT2D eigenvalue weighted by Crippen LogP contribution is -2.53. The number of hydrogen-bond acceptors (Lipinski definition) is 3. The first-order valence-corrected chi connectivity index (χ1v) is 6.43. The van der Waals surface area contributed by atoms with E-state index < -0.39 is 0 Å². The molecule has 0 aliphatic carbocycles. The monoisotopic (exact) mass is 225 g/mol. The van der Waals surface area contributed by atoms with Gasteiger partial charge in [0.05, 0.1) is 6.04 Å². The second-order valence-corrected chi connectivity index (χ2v) is 5.17. The van der Waals surface area contributed by atoms with Crippen LogP contribution in [0.2, 0.25) is 0 Å². The standard InChI is InChI=1S/C12H23N3O/c1-3-15(8(2)12(13)16)11-6-9-4-5-10(7-11)14-9/h8-11,14H,3-7H2,1-2H3,(H2,13,16). The second kappa shape index (κ2) is 4.72. The van der Waals surface area contributed by atoms with E-state index in [2.05, 4.69) is 17.1 Å². The van der Waals surface area contributed by atoms with Gasteiger partial charge in [0.1, 0.15) is 0 Å². The Morgan fingerprint density at radius 1 is 1.44 bits per heavy atom. The van der Waals surface area contributed by atoms with Crippen LogP contribution in [-0.2, 0) is 4.79 Å². The van der Waals surface area contributed by atoms with Crippen LogP contribution < -0.4 is 11.1 Å². The largest absolute Gasteiger partial charge is 0.368 e. The van der Waals surface area contributed by atoms with Crippen molar-refractivity contribution in [2.75, 3.05) is 6.54 Å².